The van der Waals surface area contributed by atoms with E-state index < -0.39 is 0 Å². The van der Waals surface area contributed by atoms with E-state index in [1.165, 1.54) is 16.8 Å². The average molecular weight is 254 g/mol. The van der Waals surface area contributed by atoms with Crippen LogP contribution in [0.25, 0.3) is 0 Å². The van der Waals surface area contributed by atoms with Gasteiger partial charge in [-0.3, -0.25) is 0 Å². The van der Waals surface area contributed by atoms with Crippen LogP contribution in [0.2, 0.25) is 0 Å². The van der Waals surface area contributed by atoms with Crippen molar-refractivity contribution in [2.45, 2.75) is 25.9 Å². The van der Waals surface area contributed by atoms with E-state index in [1.54, 1.807) is 0 Å². The minimum atomic E-state index is 0.106. The minimum absolute atomic E-state index is 0.106. The molecule has 0 heterocycles. The molecular formula is C17H22N2. The number of anilines is 1. The highest BCUT2D eigenvalue weighted by atomic mass is 15.1. The van der Waals surface area contributed by atoms with E-state index >= 15 is 0 Å². The summed E-state index contributed by atoms with van der Waals surface area (Å²) in [7, 11) is 2.12. The Bertz CT molecular complexity index is 508. The summed E-state index contributed by atoms with van der Waals surface area (Å²) >= 11 is 0. The molecule has 2 aromatic carbocycles. The van der Waals surface area contributed by atoms with Gasteiger partial charge in [0.25, 0.3) is 0 Å². The van der Waals surface area contributed by atoms with Gasteiger partial charge in [0.1, 0.15) is 0 Å². The first-order chi connectivity index (χ1) is 9.22. The molecule has 0 aliphatic heterocycles. The van der Waals surface area contributed by atoms with Gasteiger partial charge in [0.05, 0.1) is 0 Å². The number of nitrogens with two attached hydrogens (primary N) is 1. The van der Waals surface area contributed by atoms with Gasteiger partial charge in [0.15, 0.2) is 0 Å². The lowest BCUT2D eigenvalue weighted by Gasteiger charge is -2.24. The molecule has 0 bridgehead atoms. The number of hydrogen-bond acceptors (Lipinski definition) is 2. The summed E-state index contributed by atoms with van der Waals surface area (Å²) in [5.74, 6) is 0. The molecule has 0 unspecified atom stereocenters. The molecule has 0 aromatic heterocycles. The van der Waals surface area contributed by atoms with Crippen molar-refractivity contribution < 1.29 is 0 Å². The summed E-state index contributed by atoms with van der Waals surface area (Å²) in [4.78, 5) is 2.26. The van der Waals surface area contributed by atoms with Gasteiger partial charge < -0.3 is 10.6 Å². The Morgan fingerprint density at radius 1 is 1.00 bits per heavy atom. The summed E-state index contributed by atoms with van der Waals surface area (Å²) in [6.07, 6.45) is 0.955. The van der Waals surface area contributed by atoms with Gasteiger partial charge in [-0.05, 0) is 23.6 Å². The van der Waals surface area contributed by atoms with Crippen LogP contribution in [0.4, 0.5) is 5.69 Å². The minimum Gasteiger partial charge on any atom is -0.370 e. The van der Waals surface area contributed by atoms with E-state index in [2.05, 4.69) is 67.4 Å². The molecule has 0 amide bonds. The van der Waals surface area contributed by atoms with E-state index in [9.17, 15) is 0 Å². The zero-order valence-corrected chi connectivity index (χ0v) is 11.7. The van der Waals surface area contributed by atoms with Crippen LogP contribution in [0.15, 0.2) is 54.6 Å². The zero-order chi connectivity index (χ0) is 13.7. The highest BCUT2D eigenvalue weighted by Crippen LogP contribution is 2.26. The molecule has 0 saturated carbocycles. The first kappa shape index (κ1) is 13.6. The second kappa shape index (κ2) is 6.39. The Balaban J connectivity index is 2.21. The molecule has 2 heteroatoms. The molecule has 0 fully saturated rings. The molecule has 0 spiro atoms. The van der Waals surface area contributed by atoms with E-state index in [4.69, 9.17) is 5.73 Å². The fourth-order valence-electron chi connectivity index (χ4n) is 2.31. The van der Waals surface area contributed by atoms with Gasteiger partial charge in [0, 0.05) is 25.3 Å². The molecule has 1 atom stereocenters. The maximum atomic E-state index is 6.20. The van der Waals surface area contributed by atoms with Crippen molar-refractivity contribution in [3.05, 3.63) is 65.7 Å². The third-order valence-electron chi connectivity index (χ3n) is 3.45. The highest BCUT2D eigenvalue weighted by molar-refractivity contribution is 5.54. The molecule has 100 valence electrons. The SMILES string of the molecule is CC[C@H](N)c1ccccc1N(C)Cc1ccccc1. The second-order valence-corrected chi connectivity index (χ2v) is 4.92. The van der Waals surface area contributed by atoms with E-state index in [1.807, 2.05) is 6.07 Å². The summed E-state index contributed by atoms with van der Waals surface area (Å²) in [5, 5.41) is 0. The maximum Gasteiger partial charge on any atom is 0.0426 e. The highest BCUT2D eigenvalue weighted by Gasteiger charge is 2.12. The summed E-state index contributed by atoms with van der Waals surface area (Å²) in [6, 6.07) is 19.0. The summed E-state index contributed by atoms with van der Waals surface area (Å²) < 4.78 is 0. The molecule has 0 radical (unpaired) electrons. The lowest BCUT2D eigenvalue weighted by molar-refractivity contribution is 0.694. The standard InChI is InChI=1S/C17H22N2/c1-3-16(18)15-11-7-8-12-17(15)19(2)13-14-9-5-4-6-10-14/h4-12,16H,3,13,18H2,1-2H3/t16-/m0/s1. The molecule has 2 rings (SSSR count). The second-order valence-electron chi connectivity index (χ2n) is 4.92. The van der Waals surface area contributed by atoms with Crippen LogP contribution >= 0.6 is 0 Å². The van der Waals surface area contributed by atoms with E-state index in [-0.39, 0.29) is 6.04 Å². The van der Waals surface area contributed by atoms with Crippen molar-refractivity contribution in [3.63, 3.8) is 0 Å². The Morgan fingerprint density at radius 3 is 2.32 bits per heavy atom. The van der Waals surface area contributed by atoms with Gasteiger partial charge in [-0.25, -0.2) is 0 Å². The first-order valence-corrected chi connectivity index (χ1v) is 6.82. The largest absolute Gasteiger partial charge is 0.370 e. The molecule has 0 aliphatic rings. The topological polar surface area (TPSA) is 29.3 Å². The van der Waals surface area contributed by atoms with Gasteiger partial charge in [-0.15, -0.1) is 0 Å². The Kier molecular flexibility index (Phi) is 4.58. The van der Waals surface area contributed by atoms with Crippen molar-refractivity contribution in [3.8, 4) is 0 Å². The molecule has 2 aromatic rings. The summed E-state index contributed by atoms with van der Waals surface area (Å²) in [6.45, 7) is 3.02. The van der Waals surface area contributed by atoms with Crippen molar-refractivity contribution in [1.82, 2.24) is 0 Å². The van der Waals surface area contributed by atoms with Gasteiger partial charge >= 0.3 is 0 Å². The number of benzene rings is 2. The van der Waals surface area contributed by atoms with Crippen LogP contribution in [0, 0.1) is 0 Å². The molecule has 19 heavy (non-hydrogen) atoms. The summed E-state index contributed by atoms with van der Waals surface area (Å²) in [5.41, 5.74) is 9.96. The van der Waals surface area contributed by atoms with Crippen molar-refractivity contribution in [2.24, 2.45) is 5.73 Å². The quantitative estimate of drug-likeness (QED) is 0.881. The van der Waals surface area contributed by atoms with Crippen LogP contribution in [0.5, 0.6) is 0 Å². The lowest BCUT2D eigenvalue weighted by atomic mass is 10.0. The molecule has 0 aliphatic carbocycles. The number of rotatable bonds is 5. The predicted octanol–water partition coefficient (Wildman–Crippen LogP) is 3.73. The van der Waals surface area contributed by atoms with Gasteiger partial charge in [0.2, 0.25) is 0 Å². The van der Waals surface area contributed by atoms with E-state index in [0.29, 0.717) is 0 Å². The fraction of sp³-hybridized carbons (Fsp3) is 0.294. The third-order valence-corrected chi connectivity index (χ3v) is 3.45. The van der Waals surface area contributed by atoms with Gasteiger partial charge in [-0.2, -0.15) is 0 Å². The van der Waals surface area contributed by atoms with Gasteiger partial charge in [-0.1, -0.05) is 55.5 Å². The Morgan fingerprint density at radius 2 is 1.63 bits per heavy atom. The zero-order valence-electron chi connectivity index (χ0n) is 11.7. The van der Waals surface area contributed by atoms with E-state index in [0.717, 1.165) is 13.0 Å². The fourth-order valence-corrected chi connectivity index (χ4v) is 2.31. The number of hydrogen-bond donors (Lipinski definition) is 1. The predicted molar refractivity (Wildman–Crippen MR) is 82.2 cm³/mol. The lowest BCUT2D eigenvalue weighted by Crippen LogP contribution is -2.20. The monoisotopic (exact) mass is 254 g/mol. The Hall–Kier alpha value is -1.80. The average Bonchev–Trinajstić information content (AvgIpc) is 2.47. The maximum absolute atomic E-state index is 6.20. The molecule has 0 saturated heterocycles. The van der Waals surface area contributed by atoms with Crippen LogP contribution in [-0.4, -0.2) is 7.05 Å². The molecule has 2 N–H and O–H groups in total. The number of para-hydroxylation sites is 1. The third kappa shape index (κ3) is 3.36. The van der Waals surface area contributed by atoms with Crippen LogP contribution in [0.1, 0.15) is 30.5 Å². The van der Waals surface area contributed by atoms with Crippen LogP contribution in [0.3, 0.4) is 0 Å². The first-order valence-electron chi connectivity index (χ1n) is 6.82. The van der Waals surface area contributed by atoms with Crippen LogP contribution in [-0.2, 0) is 6.54 Å². The molecule has 2 nitrogen and oxygen atoms in total. The number of nitrogens with zero attached hydrogens (tertiary/aromatic N) is 1. The van der Waals surface area contributed by atoms with Crippen LogP contribution < -0.4 is 10.6 Å². The Labute approximate surface area is 115 Å². The normalized spacial score (nSPS) is 12.2. The van der Waals surface area contributed by atoms with Crippen molar-refractivity contribution >= 4 is 5.69 Å². The molecular weight excluding hydrogens is 232 g/mol. The van der Waals surface area contributed by atoms with Crippen molar-refractivity contribution in [2.75, 3.05) is 11.9 Å². The smallest absolute Gasteiger partial charge is 0.0426 e. The van der Waals surface area contributed by atoms with Crippen molar-refractivity contribution in [1.29, 1.82) is 0 Å².